The number of halogens is 4. The zero-order valence-electron chi connectivity index (χ0n) is 18.8. The predicted molar refractivity (Wildman–Crippen MR) is 130 cm³/mol. The molecule has 3 aromatic rings. The van der Waals surface area contributed by atoms with E-state index in [1.54, 1.807) is 12.1 Å². The number of benzene rings is 3. The van der Waals surface area contributed by atoms with Crippen molar-refractivity contribution in [3.8, 4) is 5.75 Å². The molecule has 0 aliphatic carbocycles. The summed E-state index contributed by atoms with van der Waals surface area (Å²) in [6.45, 7) is 3.86. The van der Waals surface area contributed by atoms with Gasteiger partial charge in [-0.3, -0.25) is 4.79 Å². The number of alkyl halides is 3. The number of ether oxygens (including phenoxy) is 1. The van der Waals surface area contributed by atoms with E-state index in [9.17, 15) is 18.0 Å². The normalized spacial score (nSPS) is 17.5. The van der Waals surface area contributed by atoms with Crippen LogP contribution in [0.15, 0.2) is 54.6 Å². The summed E-state index contributed by atoms with van der Waals surface area (Å²) in [5.74, 6) is -0.0309. The molecule has 0 saturated carbocycles. The maximum Gasteiger partial charge on any atom is 0.416 e. The number of hydrogen-bond donors (Lipinski definition) is 4. The van der Waals surface area contributed by atoms with Crippen LogP contribution in [0.5, 0.6) is 5.75 Å². The number of amides is 1. The highest BCUT2D eigenvalue weighted by Gasteiger charge is 2.39. The summed E-state index contributed by atoms with van der Waals surface area (Å²) in [4.78, 5) is 13.2. The molecule has 1 atom stereocenters. The van der Waals surface area contributed by atoms with Crippen LogP contribution in [0.1, 0.15) is 35.3 Å². The predicted octanol–water partition coefficient (Wildman–Crippen LogP) is 6.56. The monoisotopic (exact) mass is 502 g/mol. The molecule has 0 radical (unpaired) electrons. The molecule has 182 valence electrons. The van der Waals surface area contributed by atoms with Crippen LogP contribution in [0.2, 0.25) is 5.02 Å². The van der Waals surface area contributed by atoms with E-state index < -0.39 is 23.2 Å². The standard InChI is InChI=1S/C25H22ClF3N4O2/c1-24(2)12-16-20-19(32-23(33-20)31-18-6-4-3-5-17(18)26)11-15(21(16)35-24)22(34)30-14-9-7-13(8-10-14)25(27,28)29/h3-11,23,31-33H,12H2,1-2H3,(H,30,34). The Morgan fingerprint density at radius 1 is 1.11 bits per heavy atom. The van der Waals surface area contributed by atoms with Gasteiger partial charge in [0.1, 0.15) is 11.4 Å². The van der Waals surface area contributed by atoms with Crippen molar-refractivity contribution in [2.75, 3.05) is 21.3 Å². The minimum absolute atomic E-state index is 0.249. The molecule has 0 aromatic heterocycles. The van der Waals surface area contributed by atoms with Crippen LogP contribution in [0.4, 0.5) is 35.9 Å². The Hall–Kier alpha value is -3.59. The molecule has 35 heavy (non-hydrogen) atoms. The van der Waals surface area contributed by atoms with Gasteiger partial charge in [-0.25, -0.2) is 0 Å². The van der Waals surface area contributed by atoms with Crippen LogP contribution >= 0.6 is 11.6 Å². The van der Waals surface area contributed by atoms with Crippen LogP contribution < -0.4 is 26.0 Å². The molecule has 0 saturated heterocycles. The average Bonchev–Trinajstić information content (AvgIpc) is 3.33. The highest BCUT2D eigenvalue weighted by Crippen LogP contribution is 2.48. The number of carbonyl (C=O) groups excluding carboxylic acids is 1. The number of hydrogen-bond acceptors (Lipinski definition) is 5. The summed E-state index contributed by atoms with van der Waals surface area (Å²) in [5, 5.41) is 13.2. The third kappa shape index (κ3) is 4.55. The molecular weight excluding hydrogens is 481 g/mol. The minimum Gasteiger partial charge on any atom is -0.486 e. The molecular formula is C25H22ClF3N4O2. The Kier molecular flexibility index (Phi) is 5.47. The molecule has 0 bridgehead atoms. The molecule has 4 N–H and O–H groups in total. The maximum absolute atomic E-state index is 13.2. The van der Waals surface area contributed by atoms with Gasteiger partial charge in [0.25, 0.3) is 5.91 Å². The number of fused-ring (bicyclic) bond motifs is 3. The number of carbonyl (C=O) groups is 1. The lowest BCUT2D eigenvalue weighted by Crippen LogP contribution is -2.31. The van der Waals surface area contributed by atoms with E-state index >= 15 is 0 Å². The van der Waals surface area contributed by atoms with Gasteiger partial charge < -0.3 is 26.0 Å². The van der Waals surface area contributed by atoms with E-state index in [2.05, 4.69) is 21.3 Å². The third-order valence-electron chi connectivity index (χ3n) is 5.84. The van der Waals surface area contributed by atoms with Crippen LogP contribution in [0.3, 0.4) is 0 Å². The van der Waals surface area contributed by atoms with Gasteiger partial charge in [-0.1, -0.05) is 23.7 Å². The highest BCUT2D eigenvalue weighted by molar-refractivity contribution is 6.33. The van der Waals surface area contributed by atoms with Gasteiger partial charge in [-0.05, 0) is 56.3 Å². The molecule has 5 rings (SSSR count). The lowest BCUT2D eigenvalue weighted by Gasteiger charge is -2.18. The Balaban J connectivity index is 1.43. The summed E-state index contributed by atoms with van der Waals surface area (Å²) >= 11 is 6.27. The first-order chi connectivity index (χ1) is 16.5. The molecule has 10 heteroatoms. The van der Waals surface area contributed by atoms with Gasteiger partial charge in [-0.15, -0.1) is 0 Å². The number of nitrogens with one attached hydrogen (secondary N) is 4. The fraction of sp³-hybridized carbons (Fsp3) is 0.240. The van der Waals surface area contributed by atoms with Crippen LogP contribution in [0, 0.1) is 0 Å². The summed E-state index contributed by atoms with van der Waals surface area (Å²) in [6, 6.07) is 13.3. The Morgan fingerprint density at radius 3 is 2.51 bits per heavy atom. The van der Waals surface area contributed by atoms with E-state index in [-0.39, 0.29) is 17.5 Å². The number of rotatable bonds is 4. The van der Waals surface area contributed by atoms with Crippen molar-refractivity contribution in [1.82, 2.24) is 0 Å². The summed E-state index contributed by atoms with van der Waals surface area (Å²) in [5.41, 5.74) is 2.33. The van der Waals surface area contributed by atoms with E-state index in [0.717, 1.165) is 29.1 Å². The second-order valence-electron chi connectivity index (χ2n) is 9.07. The minimum atomic E-state index is -4.45. The fourth-order valence-corrected chi connectivity index (χ4v) is 4.46. The van der Waals surface area contributed by atoms with E-state index in [0.29, 0.717) is 22.9 Å². The van der Waals surface area contributed by atoms with Crippen molar-refractivity contribution in [3.05, 3.63) is 76.3 Å². The average molecular weight is 503 g/mol. The van der Waals surface area contributed by atoms with Crippen molar-refractivity contribution in [3.63, 3.8) is 0 Å². The smallest absolute Gasteiger partial charge is 0.416 e. The quantitative estimate of drug-likeness (QED) is 0.325. The maximum atomic E-state index is 13.2. The fourth-order valence-electron chi connectivity index (χ4n) is 4.27. The van der Waals surface area contributed by atoms with Crippen molar-refractivity contribution >= 4 is 40.3 Å². The first kappa shape index (κ1) is 23.2. The third-order valence-corrected chi connectivity index (χ3v) is 6.17. The van der Waals surface area contributed by atoms with Crippen LogP contribution in [0.25, 0.3) is 0 Å². The molecule has 3 aromatic carbocycles. The van der Waals surface area contributed by atoms with Gasteiger partial charge in [0.15, 0.2) is 6.29 Å². The zero-order valence-corrected chi connectivity index (χ0v) is 19.6. The van der Waals surface area contributed by atoms with Gasteiger partial charge in [0.2, 0.25) is 0 Å². The second kappa shape index (κ2) is 8.27. The number of para-hydroxylation sites is 1. The molecule has 2 aliphatic heterocycles. The molecule has 6 nitrogen and oxygen atoms in total. The summed E-state index contributed by atoms with van der Waals surface area (Å²) in [7, 11) is 0. The second-order valence-corrected chi connectivity index (χ2v) is 9.48. The zero-order chi connectivity index (χ0) is 25.0. The van der Waals surface area contributed by atoms with Crippen molar-refractivity contribution in [1.29, 1.82) is 0 Å². The van der Waals surface area contributed by atoms with Crippen LogP contribution in [-0.4, -0.2) is 17.8 Å². The Bertz CT molecular complexity index is 1310. The summed E-state index contributed by atoms with van der Waals surface area (Å²) < 4.78 is 44.7. The van der Waals surface area contributed by atoms with Gasteiger partial charge in [0.05, 0.1) is 33.2 Å². The largest absolute Gasteiger partial charge is 0.486 e. The lowest BCUT2D eigenvalue weighted by molar-refractivity contribution is -0.137. The number of anilines is 4. The Morgan fingerprint density at radius 2 is 1.83 bits per heavy atom. The van der Waals surface area contributed by atoms with E-state index in [4.69, 9.17) is 16.3 Å². The highest BCUT2D eigenvalue weighted by atomic mass is 35.5. The SMILES string of the molecule is CC1(C)Cc2c3c(cc(C(=O)Nc4ccc(C(F)(F)F)cc4)c2O1)NC(Nc1ccccc1Cl)N3. The van der Waals surface area contributed by atoms with Gasteiger partial charge in [-0.2, -0.15) is 13.2 Å². The molecule has 1 amide bonds. The van der Waals surface area contributed by atoms with Gasteiger partial charge >= 0.3 is 6.18 Å². The van der Waals surface area contributed by atoms with Crippen molar-refractivity contribution < 1.29 is 22.7 Å². The molecule has 2 aliphatic rings. The van der Waals surface area contributed by atoms with E-state index in [1.165, 1.54) is 12.1 Å². The molecule has 0 fully saturated rings. The first-order valence-corrected chi connectivity index (χ1v) is 11.3. The summed E-state index contributed by atoms with van der Waals surface area (Å²) in [6.07, 6.45) is -4.26. The van der Waals surface area contributed by atoms with Gasteiger partial charge in [0, 0.05) is 17.7 Å². The van der Waals surface area contributed by atoms with Crippen LogP contribution in [-0.2, 0) is 12.6 Å². The topological polar surface area (TPSA) is 74.4 Å². The molecule has 0 spiro atoms. The Labute approximate surface area is 204 Å². The van der Waals surface area contributed by atoms with Crippen molar-refractivity contribution in [2.24, 2.45) is 0 Å². The molecule has 1 unspecified atom stereocenters. The molecule has 2 heterocycles. The van der Waals surface area contributed by atoms with Crippen molar-refractivity contribution in [2.45, 2.75) is 38.3 Å². The lowest BCUT2D eigenvalue weighted by atomic mass is 9.97. The van der Waals surface area contributed by atoms with E-state index in [1.807, 2.05) is 32.0 Å². The first-order valence-electron chi connectivity index (χ1n) is 10.9.